The summed E-state index contributed by atoms with van der Waals surface area (Å²) in [6.45, 7) is 6.43. The first-order chi connectivity index (χ1) is 11.8. The summed E-state index contributed by atoms with van der Waals surface area (Å²) in [5.74, 6) is 1.37. The lowest BCUT2D eigenvalue weighted by Crippen LogP contribution is -3.14. The maximum Gasteiger partial charge on any atom is 0.274 e. The van der Waals surface area contributed by atoms with Gasteiger partial charge in [-0.25, -0.2) is 0 Å². The standard InChI is InChI=1S/C18H20N4OS/c1-14(17-19-20-18(23-17)16-8-5-13-24-16)21-9-11-22(12-10-21)15-6-3-2-4-7-15/h2-8,13-14H,9-12H2,1H3/p+1/t14-/m1/s1. The van der Waals surface area contributed by atoms with Crippen molar-refractivity contribution in [2.24, 2.45) is 0 Å². The molecule has 4 rings (SSSR count). The maximum atomic E-state index is 5.91. The van der Waals surface area contributed by atoms with Gasteiger partial charge in [0.15, 0.2) is 6.04 Å². The van der Waals surface area contributed by atoms with Crippen LogP contribution in [0, 0.1) is 0 Å². The van der Waals surface area contributed by atoms with Gasteiger partial charge in [-0.1, -0.05) is 24.3 Å². The number of thiophene rings is 1. The first-order valence-corrected chi connectivity index (χ1v) is 9.21. The summed E-state index contributed by atoms with van der Waals surface area (Å²) in [4.78, 5) is 4.98. The fourth-order valence-corrected chi connectivity index (χ4v) is 3.85. The second-order valence-corrected chi connectivity index (χ2v) is 7.07. The molecule has 0 unspecified atom stereocenters. The third kappa shape index (κ3) is 3.07. The van der Waals surface area contributed by atoms with Crippen LogP contribution >= 0.6 is 11.3 Å². The Balaban J connectivity index is 1.40. The number of hydrogen-bond acceptors (Lipinski definition) is 5. The van der Waals surface area contributed by atoms with Crippen molar-refractivity contribution in [1.82, 2.24) is 10.2 Å². The maximum absolute atomic E-state index is 5.91. The largest absolute Gasteiger partial charge is 0.414 e. The molecule has 1 aromatic carbocycles. The van der Waals surface area contributed by atoms with Crippen LogP contribution in [0.15, 0.2) is 52.3 Å². The quantitative estimate of drug-likeness (QED) is 0.791. The number of piperazine rings is 1. The number of anilines is 1. The van der Waals surface area contributed by atoms with Gasteiger partial charge in [-0.3, -0.25) is 0 Å². The number of para-hydroxylation sites is 1. The van der Waals surface area contributed by atoms with Gasteiger partial charge >= 0.3 is 0 Å². The summed E-state index contributed by atoms with van der Waals surface area (Å²) in [5.41, 5.74) is 1.31. The minimum absolute atomic E-state index is 0.226. The summed E-state index contributed by atoms with van der Waals surface area (Å²) in [6.07, 6.45) is 0. The molecule has 1 aliphatic heterocycles. The molecule has 0 bridgehead atoms. The van der Waals surface area contributed by atoms with Crippen LogP contribution in [0.25, 0.3) is 10.8 Å². The lowest BCUT2D eigenvalue weighted by Gasteiger charge is -2.35. The smallest absolute Gasteiger partial charge is 0.274 e. The van der Waals surface area contributed by atoms with E-state index in [1.807, 2.05) is 17.5 Å². The second kappa shape index (κ2) is 6.75. The molecule has 0 radical (unpaired) electrons. The molecule has 124 valence electrons. The number of hydrogen-bond donors (Lipinski definition) is 1. The van der Waals surface area contributed by atoms with Crippen LogP contribution in [0.2, 0.25) is 0 Å². The van der Waals surface area contributed by atoms with Crippen LogP contribution in [-0.2, 0) is 0 Å². The molecule has 1 atom stereocenters. The Kier molecular flexibility index (Phi) is 4.32. The molecule has 1 fully saturated rings. The monoisotopic (exact) mass is 341 g/mol. The Hall–Kier alpha value is -2.18. The van der Waals surface area contributed by atoms with Crippen molar-refractivity contribution in [3.05, 3.63) is 53.7 Å². The molecule has 1 N–H and O–H groups in total. The van der Waals surface area contributed by atoms with Crippen molar-refractivity contribution in [1.29, 1.82) is 0 Å². The highest BCUT2D eigenvalue weighted by molar-refractivity contribution is 7.13. The number of benzene rings is 1. The van der Waals surface area contributed by atoms with E-state index in [2.05, 4.69) is 52.4 Å². The fraction of sp³-hybridized carbons (Fsp3) is 0.333. The molecular weight excluding hydrogens is 320 g/mol. The molecule has 0 amide bonds. The number of quaternary nitrogens is 1. The lowest BCUT2D eigenvalue weighted by molar-refractivity contribution is -0.931. The van der Waals surface area contributed by atoms with Crippen molar-refractivity contribution in [2.45, 2.75) is 13.0 Å². The van der Waals surface area contributed by atoms with E-state index in [1.54, 1.807) is 11.3 Å². The summed E-state index contributed by atoms with van der Waals surface area (Å²) in [5, 5.41) is 10.5. The molecular formula is C18H21N4OS+. The van der Waals surface area contributed by atoms with Crippen molar-refractivity contribution < 1.29 is 9.32 Å². The Morgan fingerprint density at radius 2 is 1.88 bits per heavy atom. The average Bonchev–Trinajstić information content (AvgIpc) is 3.33. The molecule has 2 aromatic heterocycles. The van der Waals surface area contributed by atoms with Gasteiger partial charge < -0.3 is 14.2 Å². The van der Waals surface area contributed by atoms with E-state index in [0.29, 0.717) is 5.89 Å². The molecule has 1 aliphatic rings. The summed E-state index contributed by atoms with van der Waals surface area (Å²) in [7, 11) is 0. The zero-order chi connectivity index (χ0) is 16.4. The van der Waals surface area contributed by atoms with E-state index in [-0.39, 0.29) is 6.04 Å². The van der Waals surface area contributed by atoms with Gasteiger partial charge in [-0.2, -0.15) is 0 Å². The van der Waals surface area contributed by atoms with Gasteiger partial charge in [0.25, 0.3) is 11.8 Å². The van der Waals surface area contributed by atoms with E-state index in [0.717, 1.165) is 36.9 Å². The summed E-state index contributed by atoms with van der Waals surface area (Å²) < 4.78 is 5.91. The number of nitrogens with one attached hydrogen (secondary N) is 1. The number of nitrogens with zero attached hydrogens (tertiary/aromatic N) is 3. The first kappa shape index (κ1) is 15.4. The van der Waals surface area contributed by atoms with Gasteiger partial charge in [-0.15, -0.1) is 21.5 Å². The molecule has 3 heterocycles. The Morgan fingerprint density at radius 1 is 1.08 bits per heavy atom. The van der Waals surface area contributed by atoms with E-state index < -0.39 is 0 Å². The zero-order valence-corrected chi connectivity index (χ0v) is 14.5. The highest BCUT2D eigenvalue weighted by Crippen LogP contribution is 2.24. The predicted molar refractivity (Wildman–Crippen MR) is 95.4 cm³/mol. The molecule has 0 aliphatic carbocycles. The Bertz CT molecular complexity index is 763. The van der Waals surface area contributed by atoms with Crippen molar-refractivity contribution in [3.8, 4) is 10.8 Å². The third-order valence-corrected chi connectivity index (χ3v) is 5.54. The Labute approximate surface area is 145 Å². The topological polar surface area (TPSA) is 46.6 Å². The van der Waals surface area contributed by atoms with Crippen LogP contribution < -0.4 is 9.80 Å². The van der Waals surface area contributed by atoms with Crippen LogP contribution in [0.5, 0.6) is 0 Å². The van der Waals surface area contributed by atoms with Crippen LogP contribution in [0.4, 0.5) is 5.69 Å². The van der Waals surface area contributed by atoms with Crippen LogP contribution in [-0.4, -0.2) is 36.4 Å². The van der Waals surface area contributed by atoms with Crippen molar-refractivity contribution in [3.63, 3.8) is 0 Å². The molecule has 6 heteroatoms. The van der Waals surface area contributed by atoms with Gasteiger partial charge in [-0.05, 0) is 30.5 Å². The van der Waals surface area contributed by atoms with Crippen molar-refractivity contribution in [2.75, 3.05) is 31.1 Å². The summed E-state index contributed by atoms with van der Waals surface area (Å²) >= 11 is 1.62. The highest BCUT2D eigenvalue weighted by atomic mass is 32.1. The van der Waals surface area contributed by atoms with Crippen LogP contribution in [0.3, 0.4) is 0 Å². The van der Waals surface area contributed by atoms with Gasteiger partial charge in [0, 0.05) is 5.69 Å². The predicted octanol–water partition coefficient (Wildman–Crippen LogP) is 2.26. The lowest BCUT2D eigenvalue weighted by atomic mass is 10.2. The van der Waals surface area contributed by atoms with Crippen molar-refractivity contribution >= 4 is 17.0 Å². The van der Waals surface area contributed by atoms with E-state index in [4.69, 9.17) is 4.42 Å². The van der Waals surface area contributed by atoms with Crippen LogP contribution in [0.1, 0.15) is 18.9 Å². The van der Waals surface area contributed by atoms with E-state index in [9.17, 15) is 0 Å². The van der Waals surface area contributed by atoms with Gasteiger partial charge in [0.2, 0.25) is 0 Å². The third-order valence-electron chi connectivity index (χ3n) is 4.68. The minimum atomic E-state index is 0.226. The second-order valence-electron chi connectivity index (χ2n) is 6.13. The molecule has 5 nitrogen and oxygen atoms in total. The number of aromatic nitrogens is 2. The normalized spacial score (nSPS) is 17.1. The van der Waals surface area contributed by atoms with Gasteiger partial charge in [0.1, 0.15) is 0 Å². The minimum Gasteiger partial charge on any atom is -0.414 e. The molecule has 24 heavy (non-hydrogen) atoms. The average molecular weight is 341 g/mol. The fourth-order valence-electron chi connectivity index (χ4n) is 3.21. The first-order valence-electron chi connectivity index (χ1n) is 8.33. The molecule has 3 aromatic rings. The van der Waals surface area contributed by atoms with Gasteiger partial charge in [0.05, 0.1) is 31.1 Å². The molecule has 0 saturated carbocycles. The van der Waals surface area contributed by atoms with E-state index in [1.165, 1.54) is 10.6 Å². The highest BCUT2D eigenvalue weighted by Gasteiger charge is 2.29. The Morgan fingerprint density at radius 3 is 2.58 bits per heavy atom. The van der Waals surface area contributed by atoms with E-state index >= 15 is 0 Å². The SMILES string of the molecule is C[C@H](c1nnc(-c2cccs2)o1)[NH+]1CCN(c2ccccc2)CC1. The zero-order valence-electron chi connectivity index (χ0n) is 13.7. The molecule has 0 spiro atoms. The molecule has 1 saturated heterocycles. The summed E-state index contributed by atoms with van der Waals surface area (Å²) in [6, 6.07) is 14.9. The number of rotatable bonds is 4.